The van der Waals surface area contributed by atoms with E-state index in [1.807, 2.05) is 215 Å². The largest absolute Gasteiger partial charge is 0.335 e. The third-order valence-corrected chi connectivity index (χ3v) is 18.2. The third kappa shape index (κ3) is 16.8. The number of hydroxylamine groups is 8. The van der Waals surface area contributed by atoms with Crippen LogP contribution in [0.15, 0.2) is 48.5 Å². The molecule has 476 valence electrons. The second-order valence-electron chi connectivity index (χ2n) is 32.2. The van der Waals surface area contributed by atoms with Crippen molar-refractivity contribution in [2.45, 2.75) is 308 Å². The molecule has 84 heavy (non-hydrogen) atoms. The number of hydrogen-bond acceptors (Lipinski definition) is 12. The molecule has 4 saturated heterocycles. The predicted molar refractivity (Wildman–Crippen MR) is 331 cm³/mol. The molecule has 0 spiro atoms. The van der Waals surface area contributed by atoms with E-state index in [1.54, 1.807) is 0 Å². The summed E-state index contributed by atoms with van der Waals surface area (Å²) in [5.74, 6) is 0. The van der Waals surface area contributed by atoms with Crippen LogP contribution in [-0.4, -0.2) is 134 Å². The number of benzene rings is 2. The molecule has 20 nitrogen and oxygen atoms in total. The van der Waals surface area contributed by atoms with Gasteiger partial charge in [-0.25, -0.2) is 19.2 Å². The second kappa shape index (κ2) is 24.1. The molecular formula is C64H112N12O8. The van der Waals surface area contributed by atoms with Crippen molar-refractivity contribution in [1.29, 1.82) is 0 Å². The summed E-state index contributed by atoms with van der Waals surface area (Å²) < 4.78 is 0. The van der Waals surface area contributed by atoms with Crippen molar-refractivity contribution >= 4 is 24.1 Å². The molecule has 2 aromatic rings. The monoisotopic (exact) mass is 1180 g/mol. The maximum Gasteiger partial charge on any atom is 0.315 e. The summed E-state index contributed by atoms with van der Waals surface area (Å²) in [5, 5.41) is 72.9. The smallest absolute Gasteiger partial charge is 0.315 e. The predicted octanol–water partition coefficient (Wildman–Crippen LogP) is 11.2. The van der Waals surface area contributed by atoms with Crippen molar-refractivity contribution in [3.8, 4) is 0 Å². The molecule has 0 radical (unpaired) electrons. The Bertz CT molecular complexity index is 2410. The van der Waals surface area contributed by atoms with Crippen LogP contribution in [0.2, 0.25) is 0 Å². The van der Waals surface area contributed by atoms with E-state index in [2.05, 4.69) is 42.5 Å². The van der Waals surface area contributed by atoms with Gasteiger partial charge in [0.05, 0.1) is 22.2 Å². The number of nitrogens with zero attached hydrogens (tertiary/aromatic N) is 4. The fraction of sp³-hybridized carbons (Fsp3) is 0.750. The number of hydrogen-bond donors (Lipinski definition) is 12. The molecule has 0 saturated carbocycles. The molecule has 2 aromatic carbocycles. The van der Waals surface area contributed by atoms with Crippen LogP contribution in [0.5, 0.6) is 0 Å². The fourth-order valence-electron chi connectivity index (χ4n) is 14.4. The Hall–Kier alpha value is -4.80. The van der Waals surface area contributed by atoms with E-state index in [4.69, 9.17) is 0 Å². The number of carbonyl (C=O) groups is 4. The molecule has 4 aliphatic heterocycles. The molecule has 4 aliphatic rings. The van der Waals surface area contributed by atoms with Crippen molar-refractivity contribution in [3.63, 3.8) is 0 Å². The lowest BCUT2D eigenvalue weighted by molar-refractivity contribution is -0.245. The van der Waals surface area contributed by atoms with Crippen LogP contribution in [0.4, 0.5) is 19.2 Å². The quantitative estimate of drug-likeness (QED) is 0.0948. The number of rotatable bonds is 12. The molecular weight excluding hydrogens is 1060 g/mol. The molecule has 0 atom stereocenters. The minimum Gasteiger partial charge on any atom is -0.335 e. The highest BCUT2D eigenvalue weighted by Gasteiger charge is 2.49. The van der Waals surface area contributed by atoms with Gasteiger partial charge in [-0.1, -0.05) is 48.5 Å². The zero-order valence-corrected chi connectivity index (χ0v) is 55.8. The van der Waals surface area contributed by atoms with Crippen LogP contribution >= 0.6 is 0 Å². The van der Waals surface area contributed by atoms with E-state index >= 15 is 0 Å². The normalized spacial score (nSPS) is 23.2. The van der Waals surface area contributed by atoms with Gasteiger partial charge in [0.25, 0.3) is 0 Å². The van der Waals surface area contributed by atoms with Gasteiger partial charge in [0.1, 0.15) is 0 Å². The average molecular weight is 1180 g/mol. The average Bonchev–Trinajstić information content (AvgIpc) is 1.83. The molecule has 8 amide bonds. The summed E-state index contributed by atoms with van der Waals surface area (Å²) in [4.78, 5) is 52.4. The molecule has 6 rings (SSSR count). The Morgan fingerprint density at radius 2 is 0.500 bits per heavy atom. The van der Waals surface area contributed by atoms with Crippen LogP contribution < -0.4 is 42.5 Å². The van der Waals surface area contributed by atoms with Crippen molar-refractivity contribution in [2.24, 2.45) is 0 Å². The van der Waals surface area contributed by atoms with Crippen LogP contribution in [0.25, 0.3) is 0 Å². The Balaban J connectivity index is 0.000000307. The summed E-state index contributed by atoms with van der Waals surface area (Å²) in [6, 6.07) is 14.5. The first-order chi connectivity index (χ1) is 37.8. The lowest BCUT2D eigenvalue weighted by Gasteiger charge is -2.51. The second-order valence-corrected chi connectivity index (χ2v) is 32.2. The molecule has 12 N–H and O–H groups in total. The van der Waals surface area contributed by atoms with Crippen molar-refractivity contribution in [2.75, 3.05) is 0 Å². The molecule has 20 heteroatoms. The van der Waals surface area contributed by atoms with Gasteiger partial charge in [-0.2, -0.15) is 20.3 Å². The van der Waals surface area contributed by atoms with Gasteiger partial charge < -0.3 is 63.4 Å². The summed E-state index contributed by atoms with van der Waals surface area (Å²) >= 11 is 0. The first-order valence-corrected chi connectivity index (χ1v) is 30.3. The lowest BCUT2D eigenvalue weighted by Crippen LogP contribution is -2.64. The van der Waals surface area contributed by atoms with Gasteiger partial charge in [0.2, 0.25) is 0 Å². The van der Waals surface area contributed by atoms with E-state index < -0.39 is 66.5 Å². The number of amides is 8. The van der Waals surface area contributed by atoms with Gasteiger partial charge >= 0.3 is 24.1 Å². The molecule has 0 aromatic heterocycles. The standard InChI is InChI=1S/2C32H56N6O4/c1-27(2)17-23(18-28(3,4)37(27)41)33-25(39)35-31(9,10)21-13-15-22(16-14-21)32(11,12)36-26(40)34-24-19-29(5,6)38(42)30(7,8)20-24;1-27(2)17-23(18-28(3,4)37(27)41)33-25(39)35-31(9,10)21-14-13-15-22(16-21)32(11,12)36-26(40)34-24-19-29(5,6)38(42)30(7,8)20-24/h2*13-16,23-24,41-42H,17-20H2,1-12H3,(H2,33,35,39)(H2,34,36,40). The number of nitrogens with one attached hydrogen (secondary N) is 8. The van der Waals surface area contributed by atoms with Crippen molar-refractivity contribution in [1.82, 2.24) is 62.8 Å². The van der Waals surface area contributed by atoms with Crippen molar-refractivity contribution in [3.05, 3.63) is 70.8 Å². The van der Waals surface area contributed by atoms with Gasteiger partial charge in [0.15, 0.2) is 0 Å². The van der Waals surface area contributed by atoms with Crippen LogP contribution in [0.3, 0.4) is 0 Å². The minimum atomic E-state index is -0.684. The highest BCUT2D eigenvalue weighted by Crippen LogP contribution is 2.41. The number of urea groups is 4. The topological polar surface area (TPSA) is 258 Å². The van der Waals surface area contributed by atoms with Gasteiger partial charge in [0, 0.05) is 68.5 Å². The van der Waals surface area contributed by atoms with E-state index in [9.17, 15) is 40.0 Å². The number of carbonyl (C=O) groups excluding carboxylic acids is 4. The molecule has 0 aliphatic carbocycles. The Morgan fingerprint density at radius 3 is 0.679 bits per heavy atom. The maximum atomic E-state index is 13.1. The highest BCUT2D eigenvalue weighted by atomic mass is 16.5. The summed E-state index contributed by atoms with van der Waals surface area (Å²) in [6.45, 7) is 47.3. The number of piperidine rings is 4. The van der Waals surface area contributed by atoms with E-state index in [0.29, 0.717) is 51.4 Å². The molecule has 4 fully saturated rings. The van der Waals surface area contributed by atoms with Crippen LogP contribution in [0.1, 0.15) is 240 Å². The molecule has 0 bridgehead atoms. The Kier molecular flexibility index (Phi) is 20.0. The van der Waals surface area contributed by atoms with Gasteiger partial charge in [-0.3, -0.25) is 0 Å². The van der Waals surface area contributed by atoms with Gasteiger partial charge in [-0.15, -0.1) is 0 Å². The first kappa shape index (κ1) is 70.0. The lowest BCUT2D eigenvalue weighted by atomic mass is 9.79. The fourth-order valence-corrected chi connectivity index (χ4v) is 14.4. The zero-order chi connectivity index (χ0) is 64.2. The molecule has 4 heterocycles. The maximum absolute atomic E-state index is 13.1. The third-order valence-electron chi connectivity index (χ3n) is 18.2. The van der Waals surface area contributed by atoms with Crippen LogP contribution in [0, 0.1) is 0 Å². The van der Waals surface area contributed by atoms with E-state index in [1.165, 1.54) is 20.3 Å². The summed E-state index contributed by atoms with van der Waals surface area (Å²) in [6.07, 6.45) is 5.09. The highest BCUT2D eigenvalue weighted by molar-refractivity contribution is 5.77. The minimum absolute atomic E-state index is 0.0667. The van der Waals surface area contributed by atoms with E-state index in [0.717, 1.165) is 22.3 Å². The summed E-state index contributed by atoms with van der Waals surface area (Å²) in [5.41, 5.74) is -2.59. The Morgan fingerprint density at radius 1 is 0.333 bits per heavy atom. The summed E-state index contributed by atoms with van der Waals surface area (Å²) in [7, 11) is 0. The zero-order valence-electron chi connectivity index (χ0n) is 55.8. The SMILES string of the molecule is CC(C)(NC(=O)NC1CC(C)(C)N(O)C(C)(C)C1)c1ccc(C(C)(C)NC(=O)NC2CC(C)(C)N(O)C(C)(C)C2)cc1.CC(C)(NC(=O)NC1CC(C)(C)N(O)C(C)(C)C1)c1cccc(C(C)(C)NC(=O)NC2CC(C)(C)N(O)C(C)(C)C2)c1. The Labute approximate surface area is 504 Å². The van der Waals surface area contributed by atoms with E-state index in [-0.39, 0.29) is 48.3 Å². The molecule has 0 unspecified atom stereocenters. The first-order valence-electron chi connectivity index (χ1n) is 30.3. The van der Waals surface area contributed by atoms with Gasteiger partial charge in [-0.05, 0) is 240 Å². The van der Waals surface area contributed by atoms with Crippen LogP contribution in [-0.2, 0) is 22.2 Å². The van der Waals surface area contributed by atoms with Crippen molar-refractivity contribution < 1.29 is 40.0 Å².